The van der Waals surface area contributed by atoms with Crippen molar-refractivity contribution in [2.45, 2.75) is 0 Å². The third-order valence-electron chi connectivity index (χ3n) is 1.40. The third-order valence-corrected chi connectivity index (χ3v) is 3.57. The molecule has 1 heterocycles. The first-order valence-electron chi connectivity index (χ1n) is 3.57. The van der Waals surface area contributed by atoms with E-state index in [0.29, 0.717) is 5.15 Å². The van der Waals surface area contributed by atoms with Gasteiger partial charge in [-0.3, -0.25) is 0 Å². The summed E-state index contributed by atoms with van der Waals surface area (Å²) < 4.78 is 4.72. The van der Waals surface area contributed by atoms with Crippen LogP contribution in [0.4, 0.5) is 5.69 Å². The molecule has 0 spiro atoms. The van der Waals surface area contributed by atoms with Gasteiger partial charge >= 0.3 is 0 Å². The van der Waals surface area contributed by atoms with E-state index in [1.165, 1.54) is 20.9 Å². The van der Waals surface area contributed by atoms with Gasteiger partial charge in [-0.2, -0.15) is 4.37 Å². The third kappa shape index (κ3) is 2.15. The van der Waals surface area contributed by atoms with E-state index in [-0.39, 0.29) is 0 Å². The minimum Gasteiger partial charge on any atom is -0.234 e. The van der Waals surface area contributed by atoms with Gasteiger partial charge in [0, 0.05) is 10.5 Å². The van der Waals surface area contributed by atoms with Crippen molar-refractivity contribution in [3.8, 4) is 0 Å². The van der Waals surface area contributed by atoms with Gasteiger partial charge in [0.25, 0.3) is 0 Å². The first-order valence-corrected chi connectivity index (χ1v) is 6.06. The molecule has 5 heteroatoms. The highest BCUT2D eigenvalue weighted by Crippen LogP contribution is 2.12. The minimum atomic E-state index is 0.485. The number of hydrogen-bond donors (Lipinski definition) is 0. The maximum absolute atomic E-state index is 5.81. The standard InChI is InChI=1S/C8H5ClN2S2/c9-7-8(12-13-11-7)10-6-4-2-1-3-5-6/h1-5H. The van der Waals surface area contributed by atoms with Crippen molar-refractivity contribution in [3.63, 3.8) is 0 Å². The van der Waals surface area contributed by atoms with Gasteiger partial charge in [0.15, 0.2) is 9.82 Å². The molecule has 0 aliphatic heterocycles. The fraction of sp³-hybridized carbons (Fsp3) is 0. The molecule has 2 rings (SSSR count). The molecule has 0 saturated carbocycles. The molecule has 1 aromatic heterocycles. The van der Waals surface area contributed by atoms with Crippen LogP contribution in [0.5, 0.6) is 0 Å². The number of aromatic nitrogens is 1. The molecular weight excluding hydrogens is 224 g/mol. The molecule has 13 heavy (non-hydrogen) atoms. The Balaban J connectivity index is 2.48. The number of rotatable bonds is 1. The number of halogens is 1. The highest BCUT2D eigenvalue weighted by atomic mass is 35.5. The zero-order valence-electron chi connectivity index (χ0n) is 6.48. The van der Waals surface area contributed by atoms with Crippen LogP contribution in [-0.2, 0) is 0 Å². The number of para-hydroxylation sites is 1. The first-order chi connectivity index (χ1) is 6.36. The van der Waals surface area contributed by atoms with Crippen molar-refractivity contribution in [1.29, 1.82) is 0 Å². The Bertz CT molecular complexity index is 446. The Hall–Kier alpha value is -0.710. The summed E-state index contributed by atoms with van der Waals surface area (Å²) in [4.78, 5) is 4.34. The molecule has 0 atom stereocenters. The molecule has 66 valence electrons. The van der Waals surface area contributed by atoms with Crippen LogP contribution in [0.3, 0.4) is 0 Å². The monoisotopic (exact) mass is 228 g/mol. The summed E-state index contributed by atoms with van der Waals surface area (Å²) in [6, 6.07) is 9.70. The van der Waals surface area contributed by atoms with Crippen LogP contribution in [0.15, 0.2) is 35.3 Å². The molecule has 2 nitrogen and oxygen atoms in total. The first kappa shape index (κ1) is 8.87. The number of nitrogens with zero attached hydrogens (tertiary/aromatic N) is 2. The maximum atomic E-state index is 5.81. The summed E-state index contributed by atoms with van der Waals surface area (Å²) >= 11 is 5.81. The zero-order chi connectivity index (χ0) is 9.10. The van der Waals surface area contributed by atoms with E-state index in [4.69, 9.17) is 11.6 Å². The molecule has 0 bridgehead atoms. The average Bonchev–Trinajstić information content (AvgIpc) is 2.54. The summed E-state index contributed by atoms with van der Waals surface area (Å²) in [6.07, 6.45) is 0. The fourth-order valence-electron chi connectivity index (χ4n) is 0.845. The molecule has 0 fully saturated rings. The van der Waals surface area contributed by atoms with E-state index in [2.05, 4.69) is 9.37 Å². The van der Waals surface area contributed by atoms with Gasteiger partial charge in [0.05, 0.1) is 5.69 Å². The Kier molecular flexibility index (Phi) is 2.73. The highest BCUT2D eigenvalue weighted by Gasteiger charge is 1.95. The van der Waals surface area contributed by atoms with Crippen LogP contribution >= 0.6 is 32.5 Å². The maximum Gasteiger partial charge on any atom is 0.179 e. The zero-order valence-corrected chi connectivity index (χ0v) is 8.86. The number of benzene rings is 1. The molecule has 0 aliphatic rings. The molecule has 0 N–H and O–H groups in total. The summed E-state index contributed by atoms with van der Waals surface area (Å²) in [5.74, 6) is 0. The van der Waals surface area contributed by atoms with Crippen LogP contribution in [0.2, 0.25) is 5.15 Å². The molecule has 0 unspecified atom stereocenters. The van der Waals surface area contributed by atoms with Crippen molar-refractivity contribution in [2.24, 2.45) is 4.99 Å². The van der Waals surface area contributed by atoms with Gasteiger partial charge in [0.1, 0.15) is 0 Å². The van der Waals surface area contributed by atoms with Crippen LogP contribution in [-0.4, -0.2) is 4.37 Å². The van der Waals surface area contributed by atoms with Crippen LogP contribution in [0.1, 0.15) is 0 Å². The van der Waals surface area contributed by atoms with Crippen LogP contribution in [0, 0.1) is 0 Å². The van der Waals surface area contributed by atoms with E-state index >= 15 is 0 Å². The lowest BCUT2D eigenvalue weighted by atomic mass is 10.3. The Morgan fingerprint density at radius 3 is 2.62 bits per heavy atom. The summed E-state index contributed by atoms with van der Waals surface area (Å²) in [5, 5.41) is 0.485. The molecule has 0 radical (unpaired) electrons. The smallest absolute Gasteiger partial charge is 0.179 e. The molecule has 1 aromatic carbocycles. The molecule has 0 aliphatic carbocycles. The predicted molar refractivity (Wildman–Crippen MR) is 56.7 cm³/mol. The largest absolute Gasteiger partial charge is 0.234 e. The second-order valence-electron chi connectivity index (χ2n) is 2.29. The molecule has 0 amide bonds. The lowest BCUT2D eigenvalue weighted by Crippen LogP contribution is -1.91. The SMILES string of the molecule is Clc1nssc1=Nc1ccccc1. The fourth-order valence-corrected chi connectivity index (χ4v) is 2.84. The average molecular weight is 229 g/mol. The molecule has 0 saturated heterocycles. The van der Waals surface area contributed by atoms with Crippen molar-refractivity contribution < 1.29 is 0 Å². The van der Waals surface area contributed by atoms with Gasteiger partial charge in [-0.15, -0.1) is 0 Å². The van der Waals surface area contributed by atoms with Crippen molar-refractivity contribution in [1.82, 2.24) is 4.37 Å². The molecular formula is C8H5ClN2S2. The predicted octanol–water partition coefficient (Wildman–Crippen LogP) is 3.09. The number of hydrogen-bond acceptors (Lipinski definition) is 4. The minimum absolute atomic E-state index is 0.485. The Labute approximate surface area is 87.7 Å². The van der Waals surface area contributed by atoms with Crippen LogP contribution < -0.4 is 4.67 Å². The van der Waals surface area contributed by atoms with Gasteiger partial charge in [-0.25, -0.2) is 4.99 Å². The van der Waals surface area contributed by atoms with E-state index in [1.54, 1.807) is 0 Å². The second kappa shape index (κ2) is 4.00. The van der Waals surface area contributed by atoms with Gasteiger partial charge in [-0.1, -0.05) is 29.8 Å². The van der Waals surface area contributed by atoms with E-state index < -0.39 is 0 Å². The van der Waals surface area contributed by atoms with E-state index in [0.717, 1.165) is 10.4 Å². The lowest BCUT2D eigenvalue weighted by molar-refractivity contribution is 1.37. The van der Waals surface area contributed by atoms with Gasteiger partial charge < -0.3 is 0 Å². The van der Waals surface area contributed by atoms with Gasteiger partial charge in [0.2, 0.25) is 0 Å². The van der Waals surface area contributed by atoms with Crippen LogP contribution in [0.25, 0.3) is 0 Å². The summed E-state index contributed by atoms with van der Waals surface area (Å²) in [6.45, 7) is 0. The van der Waals surface area contributed by atoms with Crippen molar-refractivity contribution >= 4 is 38.2 Å². The van der Waals surface area contributed by atoms with E-state index in [9.17, 15) is 0 Å². The summed E-state index contributed by atoms with van der Waals surface area (Å²) in [7, 11) is 2.83. The lowest BCUT2D eigenvalue weighted by Gasteiger charge is -1.87. The highest BCUT2D eigenvalue weighted by molar-refractivity contribution is 7.66. The summed E-state index contributed by atoms with van der Waals surface area (Å²) in [5.41, 5.74) is 0.904. The van der Waals surface area contributed by atoms with E-state index in [1.807, 2.05) is 30.3 Å². The Morgan fingerprint density at radius 2 is 2.00 bits per heavy atom. The van der Waals surface area contributed by atoms with Crippen molar-refractivity contribution in [3.05, 3.63) is 40.2 Å². The normalized spacial score (nSPS) is 11.9. The Morgan fingerprint density at radius 1 is 1.23 bits per heavy atom. The van der Waals surface area contributed by atoms with Gasteiger partial charge in [-0.05, 0) is 22.5 Å². The quantitative estimate of drug-likeness (QED) is 0.689. The topological polar surface area (TPSA) is 25.2 Å². The van der Waals surface area contributed by atoms with Crippen molar-refractivity contribution in [2.75, 3.05) is 0 Å². The second-order valence-corrected chi connectivity index (χ2v) is 4.48. The molecule has 2 aromatic rings.